The molecule has 1 fully saturated rings. The molecule has 8 bridgehead atoms. The fourth-order valence-electron chi connectivity index (χ4n) is 9.12. The number of hydrogen-bond acceptors (Lipinski definition) is 5. The van der Waals surface area contributed by atoms with Crippen LogP contribution in [0.2, 0.25) is 0 Å². The Morgan fingerprint density at radius 3 is 2.44 bits per heavy atom. The summed E-state index contributed by atoms with van der Waals surface area (Å²) in [5.41, 5.74) is 11.6. The van der Waals surface area contributed by atoms with Gasteiger partial charge in [0.1, 0.15) is 6.61 Å². The first-order chi connectivity index (χ1) is 25.8. The minimum atomic E-state index is -1.28. The van der Waals surface area contributed by atoms with Crippen LogP contribution in [0.1, 0.15) is 127 Å². The third-order valence-corrected chi connectivity index (χ3v) is 12.4. The predicted molar refractivity (Wildman–Crippen MR) is 220 cm³/mol. The fraction of sp³-hybridized carbons (Fsp3) is 0.578. The number of aliphatic hydroxyl groups excluding tert-OH is 2. The maximum Gasteiger partial charge on any atom is 2.00 e. The van der Waals surface area contributed by atoms with Gasteiger partial charge in [-0.25, -0.2) is 0 Å². The predicted octanol–water partition coefficient (Wildman–Crippen LogP) is 7.04. The number of aliphatic hydroxyl groups is 2. The Morgan fingerprint density at radius 2 is 1.76 bits per heavy atom. The normalized spacial score (nSPS) is 27.5. The van der Waals surface area contributed by atoms with E-state index < -0.39 is 24.4 Å². The van der Waals surface area contributed by atoms with Crippen LogP contribution in [0.3, 0.4) is 0 Å². The van der Waals surface area contributed by atoms with Crippen molar-refractivity contribution in [1.29, 1.82) is 0 Å². The Bertz CT molecular complexity index is 2000. The van der Waals surface area contributed by atoms with E-state index in [2.05, 4.69) is 67.5 Å². The number of rotatable bonds is 13. The Labute approximate surface area is 344 Å². The summed E-state index contributed by atoms with van der Waals surface area (Å²) < 4.78 is 11.2. The van der Waals surface area contributed by atoms with Gasteiger partial charge in [0.25, 0.3) is 0 Å². The van der Waals surface area contributed by atoms with Crippen LogP contribution in [0.4, 0.5) is 0 Å². The van der Waals surface area contributed by atoms with Crippen molar-refractivity contribution < 1.29 is 24.5 Å². The maximum absolute atomic E-state index is 13.2. The van der Waals surface area contributed by atoms with Crippen LogP contribution >= 0.6 is 0 Å². The van der Waals surface area contributed by atoms with Gasteiger partial charge in [-0.05, 0) is 95.1 Å². The summed E-state index contributed by atoms with van der Waals surface area (Å²) in [6.07, 6.45) is 11.8. The molecule has 0 spiro atoms. The molecule has 2 aromatic rings. The zero-order valence-corrected chi connectivity index (χ0v) is 36.1. The molecular weight excluding hydrogens is 701 g/mol. The number of methoxy groups -OCH3 is 1. The molecule has 55 heavy (non-hydrogen) atoms. The number of ether oxygens (including phenoxy) is 2. The van der Waals surface area contributed by atoms with Gasteiger partial charge in [0, 0.05) is 13.5 Å². The number of carbonyl (C=O) groups excluding carboxylic acids is 1. The maximum atomic E-state index is 13.2. The average Bonchev–Trinajstić information content (AvgIpc) is 3.87. The second kappa shape index (κ2) is 18.1. The molecule has 2 aromatic heterocycles. The van der Waals surface area contributed by atoms with Crippen molar-refractivity contribution in [3.63, 3.8) is 0 Å². The Kier molecular flexibility index (Phi) is 14.1. The standard InChI is InChI=1S/C45H60N4O5.Mg/c1-11-29-25(6)32-20-34-27(8)31(16-17-38(50)54-19-18-24(5)15-13-14-23(3)4)42(48-34)40-41(45(52)53-10)44(51)39-28(9)35(49-43(39)40)22-37-30(12-2)26(7)33(47-37)21-36(29)46-32;/h18,20-23,27,29,31,41-42,44-45,51-52H,11-17,19H2,1-10H3;/q-4;+2/b24-18-,34-20-,35-22-,36-21-;/t27-,29+,31-,41+,42?,44-,45?;/m0./s1. The van der Waals surface area contributed by atoms with Gasteiger partial charge in [-0.15, -0.1) is 27.8 Å². The van der Waals surface area contributed by atoms with E-state index in [9.17, 15) is 15.0 Å². The second-order valence-electron chi connectivity index (χ2n) is 16.3. The van der Waals surface area contributed by atoms with E-state index in [0.717, 1.165) is 81.8 Å². The number of aromatic nitrogens is 2. The number of nitrogens with zero attached hydrogens (tertiary/aromatic N) is 4. The molecule has 0 aromatic carbocycles. The van der Waals surface area contributed by atoms with Gasteiger partial charge in [0.15, 0.2) is 6.29 Å². The molecule has 0 amide bonds. The zero-order valence-electron chi connectivity index (χ0n) is 34.7. The van der Waals surface area contributed by atoms with Crippen molar-refractivity contribution >= 4 is 46.7 Å². The third kappa shape index (κ3) is 8.49. The van der Waals surface area contributed by atoms with Crippen LogP contribution in [-0.4, -0.2) is 65.3 Å². The molecule has 1 saturated heterocycles. The van der Waals surface area contributed by atoms with E-state index in [1.165, 1.54) is 24.7 Å². The van der Waals surface area contributed by atoms with Gasteiger partial charge < -0.3 is 40.3 Å². The van der Waals surface area contributed by atoms with Crippen LogP contribution < -0.4 is 20.7 Å². The molecule has 6 rings (SSSR count). The summed E-state index contributed by atoms with van der Waals surface area (Å²) in [5, 5.41) is 35.3. The molecule has 1 aliphatic carbocycles. The summed E-state index contributed by atoms with van der Waals surface area (Å²) in [7, 11) is 1.45. The molecule has 0 saturated carbocycles. The van der Waals surface area contributed by atoms with E-state index >= 15 is 0 Å². The third-order valence-electron chi connectivity index (χ3n) is 12.4. The summed E-state index contributed by atoms with van der Waals surface area (Å²) in [6.45, 7) is 19.6. The van der Waals surface area contributed by atoms with Crippen molar-refractivity contribution in [2.45, 2.75) is 126 Å². The summed E-state index contributed by atoms with van der Waals surface area (Å²) >= 11 is 0. The van der Waals surface area contributed by atoms with Crippen molar-refractivity contribution in [1.82, 2.24) is 9.97 Å². The SMILES string of the molecule is CCc1c2[n-]c(c1C)/C=C1\[N-]C(=C(C)[C@H]1CC)/C=C1\[N-]C(C3=c4[n-]/c(c(C)c4[C@H](O)[C@@H]3C(O)OC)=C\2)[C@@H](CCC(=O)OC/C=C(/C)CCCC(C)C)[C@@H]1C.[Mg+2]. The topological polar surface area (TPSA) is 132 Å². The van der Waals surface area contributed by atoms with Gasteiger partial charge in [-0.3, -0.25) is 4.79 Å². The molecule has 2 N–H and O–H groups in total. The Morgan fingerprint density at radius 1 is 1.02 bits per heavy atom. The van der Waals surface area contributed by atoms with Crippen molar-refractivity contribution in [3.8, 4) is 0 Å². The van der Waals surface area contributed by atoms with Crippen LogP contribution in [0.5, 0.6) is 0 Å². The molecule has 294 valence electrons. The van der Waals surface area contributed by atoms with Gasteiger partial charge in [0.2, 0.25) is 0 Å². The minimum Gasteiger partial charge on any atom is -0.681 e. The number of carbonyl (C=O) groups is 1. The van der Waals surface area contributed by atoms with E-state index in [0.29, 0.717) is 23.3 Å². The first-order valence-electron chi connectivity index (χ1n) is 20.1. The van der Waals surface area contributed by atoms with Crippen molar-refractivity contribution in [2.24, 2.45) is 29.6 Å². The molecule has 3 aliphatic heterocycles. The van der Waals surface area contributed by atoms with Gasteiger partial charge in [0.05, 0.1) is 12.0 Å². The van der Waals surface area contributed by atoms with Gasteiger partial charge in [-0.1, -0.05) is 98.7 Å². The summed E-state index contributed by atoms with van der Waals surface area (Å²) in [4.78, 5) is 23.6. The minimum absolute atomic E-state index is 0. The van der Waals surface area contributed by atoms with Crippen LogP contribution in [0, 0.1) is 43.4 Å². The van der Waals surface area contributed by atoms with E-state index in [1.807, 2.05) is 19.1 Å². The van der Waals surface area contributed by atoms with Crippen LogP contribution in [0.25, 0.3) is 28.4 Å². The summed E-state index contributed by atoms with van der Waals surface area (Å²) in [6, 6.07) is -0.459. The molecule has 2 unspecified atom stereocenters. The fourth-order valence-corrected chi connectivity index (χ4v) is 9.12. The Balaban J connectivity index is 0.00000580. The van der Waals surface area contributed by atoms with Crippen molar-refractivity contribution in [2.75, 3.05) is 13.7 Å². The van der Waals surface area contributed by atoms with E-state index in [4.69, 9.17) is 30.1 Å². The first kappa shape index (κ1) is 43.1. The smallest absolute Gasteiger partial charge is 0.681 e. The summed E-state index contributed by atoms with van der Waals surface area (Å²) in [5.74, 6) is -0.349. The Hall–Kier alpha value is -3.02. The quantitative estimate of drug-likeness (QED) is 0.0970. The molecular formula is C45H60MgN4O5-2. The van der Waals surface area contributed by atoms with Crippen LogP contribution in [0.15, 0.2) is 40.4 Å². The van der Waals surface area contributed by atoms with Gasteiger partial charge in [-0.2, -0.15) is 11.4 Å². The molecule has 0 radical (unpaired) electrons. The van der Waals surface area contributed by atoms with E-state index in [1.54, 1.807) is 0 Å². The largest absolute Gasteiger partial charge is 2.00 e. The zero-order chi connectivity index (χ0) is 39.0. The number of esters is 1. The molecule has 7 atom stereocenters. The van der Waals surface area contributed by atoms with Crippen LogP contribution in [-0.2, 0) is 20.7 Å². The second-order valence-corrected chi connectivity index (χ2v) is 16.3. The number of hydrogen-bond donors (Lipinski definition) is 2. The molecule has 10 heteroatoms. The molecule has 5 heterocycles. The van der Waals surface area contributed by atoms with E-state index in [-0.39, 0.29) is 59.8 Å². The monoisotopic (exact) mass is 760 g/mol. The average molecular weight is 761 g/mol. The molecule has 9 nitrogen and oxygen atoms in total. The number of allylic oxidation sites excluding steroid dienone is 4. The number of fused-ring (bicyclic) bond motifs is 8. The van der Waals surface area contributed by atoms with Gasteiger partial charge >= 0.3 is 29.0 Å². The molecule has 4 aliphatic rings. The first-order valence-corrected chi connectivity index (χ1v) is 20.1. The van der Waals surface area contributed by atoms with Crippen molar-refractivity contribution in [3.05, 3.63) is 95.4 Å².